The van der Waals surface area contributed by atoms with E-state index in [1.54, 1.807) is 18.3 Å². The lowest BCUT2D eigenvalue weighted by atomic mass is 9.86. The molecule has 1 aromatic heterocycles. The Kier molecular flexibility index (Phi) is 5.61. The number of nitrogens with zero attached hydrogens (tertiary/aromatic N) is 3. The molecule has 1 N–H and O–H groups in total. The number of hydrogen-bond donors (Lipinski definition) is 1. The lowest BCUT2D eigenvalue weighted by Crippen LogP contribution is -2.42. The predicted molar refractivity (Wildman–Crippen MR) is 142 cm³/mol. The van der Waals surface area contributed by atoms with Gasteiger partial charge in [-0.3, -0.25) is 4.98 Å². The van der Waals surface area contributed by atoms with Crippen LogP contribution in [0.25, 0.3) is 5.57 Å². The highest BCUT2D eigenvalue weighted by molar-refractivity contribution is 7.80. The highest BCUT2D eigenvalue weighted by atomic mass is 35.5. The quantitative estimate of drug-likeness (QED) is 0.412. The topological polar surface area (TPSA) is 31.4 Å². The third-order valence-electron chi connectivity index (χ3n) is 6.86. The monoisotopic (exact) mass is 492 g/mol. The standard InChI is InChI=1S/C27H26ClFN4S/c1-16-15-27(2,3)32(4)23-14-19(28)18(13-17(16)23)25-24(21-10-7-8-12-30-21)31-26(34)33(25)22-11-6-5-9-20(22)29/h5-15,24-25H,1-4H3,(H,31,34). The number of aromatic nitrogens is 1. The number of fused-ring (bicyclic) bond motifs is 1. The zero-order chi connectivity index (χ0) is 24.2. The number of hydrogen-bond acceptors (Lipinski definition) is 3. The maximum Gasteiger partial charge on any atom is 0.174 e. The first-order valence-electron chi connectivity index (χ1n) is 11.2. The lowest BCUT2D eigenvalue weighted by molar-refractivity contribution is 0.557. The second-order valence-electron chi connectivity index (χ2n) is 9.38. The van der Waals surface area contributed by atoms with Crippen molar-refractivity contribution in [2.75, 3.05) is 16.8 Å². The number of likely N-dealkylation sites (N-methyl/N-ethyl adjacent to an activating group) is 1. The third kappa shape index (κ3) is 3.65. The van der Waals surface area contributed by atoms with Crippen LogP contribution in [0.3, 0.4) is 0 Å². The maximum atomic E-state index is 15.0. The Morgan fingerprint density at radius 1 is 1.09 bits per heavy atom. The Hall–Kier alpha value is -2.96. The highest BCUT2D eigenvalue weighted by Crippen LogP contribution is 2.48. The minimum atomic E-state index is -0.384. The predicted octanol–water partition coefficient (Wildman–Crippen LogP) is 6.68. The van der Waals surface area contributed by atoms with Crippen LogP contribution in [0.4, 0.5) is 15.8 Å². The van der Waals surface area contributed by atoms with E-state index in [9.17, 15) is 0 Å². The number of thiocarbonyl (C=S) groups is 1. The van der Waals surface area contributed by atoms with Gasteiger partial charge in [0.2, 0.25) is 0 Å². The number of halogens is 2. The van der Waals surface area contributed by atoms with Gasteiger partial charge < -0.3 is 15.1 Å². The first kappa shape index (κ1) is 22.8. The summed E-state index contributed by atoms with van der Waals surface area (Å²) < 4.78 is 15.0. The van der Waals surface area contributed by atoms with Crippen molar-refractivity contribution in [1.29, 1.82) is 0 Å². The lowest BCUT2D eigenvalue weighted by Gasteiger charge is -2.41. The Bertz CT molecular complexity index is 1310. The van der Waals surface area contributed by atoms with E-state index in [0.717, 1.165) is 22.5 Å². The van der Waals surface area contributed by atoms with Gasteiger partial charge in [-0.25, -0.2) is 4.39 Å². The molecule has 0 spiro atoms. The first-order chi connectivity index (χ1) is 16.2. The first-order valence-corrected chi connectivity index (χ1v) is 12.0. The van der Waals surface area contributed by atoms with E-state index in [1.807, 2.05) is 35.2 Å². The molecule has 2 aliphatic rings. The Morgan fingerprint density at radius 3 is 2.53 bits per heavy atom. The molecule has 3 aromatic rings. The summed E-state index contributed by atoms with van der Waals surface area (Å²) in [6.45, 7) is 6.48. The van der Waals surface area contributed by atoms with Gasteiger partial charge in [-0.15, -0.1) is 0 Å². The summed E-state index contributed by atoms with van der Waals surface area (Å²) >= 11 is 12.7. The fourth-order valence-corrected chi connectivity index (χ4v) is 5.60. The van der Waals surface area contributed by atoms with E-state index in [4.69, 9.17) is 23.8 Å². The van der Waals surface area contributed by atoms with Gasteiger partial charge in [-0.2, -0.15) is 0 Å². The second kappa shape index (κ2) is 8.36. The van der Waals surface area contributed by atoms with Crippen molar-refractivity contribution in [3.8, 4) is 0 Å². The Labute approximate surface area is 210 Å². The molecule has 174 valence electrons. The van der Waals surface area contributed by atoms with Crippen LogP contribution in [0.2, 0.25) is 5.02 Å². The molecule has 2 atom stereocenters. The summed E-state index contributed by atoms with van der Waals surface area (Å²) in [5.74, 6) is -0.343. The molecular formula is C27H26ClFN4S. The molecule has 4 nitrogen and oxygen atoms in total. The number of nitrogens with one attached hydrogen (secondary N) is 1. The normalized spacial score (nSPS) is 21.2. The number of pyridine rings is 1. The van der Waals surface area contributed by atoms with Crippen molar-refractivity contribution >= 4 is 45.9 Å². The largest absolute Gasteiger partial charge is 0.365 e. The van der Waals surface area contributed by atoms with E-state index >= 15 is 4.39 Å². The maximum absolute atomic E-state index is 15.0. The van der Waals surface area contributed by atoms with Crippen molar-refractivity contribution < 1.29 is 4.39 Å². The van der Waals surface area contributed by atoms with Crippen molar-refractivity contribution in [1.82, 2.24) is 10.3 Å². The van der Waals surface area contributed by atoms with Crippen LogP contribution in [0.1, 0.15) is 49.7 Å². The summed E-state index contributed by atoms with van der Waals surface area (Å²) in [6, 6.07) is 15.9. The number of benzene rings is 2. The minimum absolute atomic E-state index is 0.131. The fourth-order valence-electron chi connectivity index (χ4n) is 4.99. The van der Waals surface area contributed by atoms with Gasteiger partial charge in [0.15, 0.2) is 5.11 Å². The number of anilines is 2. The van der Waals surface area contributed by atoms with Crippen molar-refractivity contribution in [2.24, 2.45) is 0 Å². The van der Waals surface area contributed by atoms with Crippen LogP contribution in [-0.2, 0) is 0 Å². The zero-order valence-corrected chi connectivity index (χ0v) is 21.1. The molecule has 1 fully saturated rings. The molecule has 0 aliphatic carbocycles. The molecule has 2 aliphatic heterocycles. The molecule has 1 saturated heterocycles. The van der Waals surface area contributed by atoms with Gasteiger partial charge in [0.05, 0.1) is 29.0 Å². The second-order valence-corrected chi connectivity index (χ2v) is 10.2. The van der Waals surface area contributed by atoms with Gasteiger partial charge in [-0.05, 0) is 80.5 Å². The number of rotatable bonds is 3. The molecule has 3 heterocycles. The van der Waals surface area contributed by atoms with Gasteiger partial charge in [0, 0.05) is 29.5 Å². The van der Waals surface area contributed by atoms with Crippen molar-refractivity contribution in [3.05, 3.63) is 94.5 Å². The van der Waals surface area contributed by atoms with Gasteiger partial charge in [0.1, 0.15) is 5.82 Å². The Morgan fingerprint density at radius 2 is 1.82 bits per heavy atom. The molecule has 2 aromatic carbocycles. The Balaban J connectivity index is 1.72. The van der Waals surface area contributed by atoms with E-state index in [0.29, 0.717) is 15.8 Å². The molecule has 0 amide bonds. The summed E-state index contributed by atoms with van der Waals surface area (Å²) in [5, 5.41) is 4.42. The molecule has 5 rings (SSSR count). The van der Waals surface area contributed by atoms with E-state index < -0.39 is 0 Å². The number of para-hydroxylation sites is 1. The van der Waals surface area contributed by atoms with E-state index in [1.165, 1.54) is 11.6 Å². The zero-order valence-electron chi connectivity index (χ0n) is 19.5. The smallest absolute Gasteiger partial charge is 0.174 e. The average molecular weight is 493 g/mol. The van der Waals surface area contributed by atoms with Crippen molar-refractivity contribution in [2.45, 2.75) is 38.4 Å². The molecular weight excluding hydrogens is 467 g/mol. The van der Waals surface area contributed by atoms with Gasteiger partial charge >= 0.3 is 0 Å². The van der Waals surface area contributed by atoms with Crippen LogP contribution >= 0.6 is 23.8 Å². The van der Waals surface area contributed by atoms with Crippen LogP contribution in [-0.4, -0.2) is 22.7 Å². The fraction of sp³-hybridized carbons (Fsp3) is 0.259. The van der Waals surface area contributed by atoms with Gasteiger partial charge in [0.25, 0.3) is 0 Å². The molecule has 0 bridgehead atoms. The van der Waals surface area contributed by atoms with E-state index in [-0.39, 0.29) is 23.4 Å². The van der Waals surface area contributed by atoms with Crippen LogP contribution in [0.15, 0.2) is 66.9 Å². The highest BCUT2D eigenvalue weighted by Gasteiger charge is 2.43. The number of allylic oxidation sites excluding steroid dienone is 1. The summed E-state index contributed by atoms with van der Waals surface area (Å²) in [5.41, 5.74) is 5.31. The molecule has 7 heteroatoms. The molecule has 0 radical (unpaired) electrons. The summed E-state index contributed by atoms with van der Waals surface area (Å²) in [7, 11) is 2.08. The van der Waals surface area contributed by atoms with Crippen LogP contribution < -0.4 is 15.1 Å². The minimum Gasteiger partial charge on any atom is -0.365 e. The third-order valence-corrected chi connectivity index (χ3v) is 7.51. The van der Waals surface area contributed by atoms with Crippen molar-refractivity contribution in [3.63, 3.8) is 0 Å². The van der Waals surface area contributed by atoms with Crippen LogP contribution in [0, 0.1) is 5.82 Å². The van der Waals surface area contributed by atoms with E-state index in [2.05, 4.69) is 55.2 Å². The SMILES string of the molecule is CC1=CC(C)(C)N(C)c2cc(Cl)c(C3C(c4ccccn4)NC(=S)N3c3ccccc3F)cc21. The average Bonchev–Trinajstić information content (AvgIpc) is 3.14. The summed E-state index contributed by atoms with van der Waals surface area (Å²) in [4.78, 5) is 8.64. The molecule has 0 saturated carbocycles. The van der Waals surface area contributed by atoms with Crippen LogP contribution in [0.5, 0.6) is 0 Å². The summed E-state index contributed by atoms with van der Waals surface area (Å²) in [6.07, 6.45) is 4.01. The molecule has 2 unspecified atom stereocenters. The van der Waals surface area contributed by atoms with Gasteiger partial charge in [-0.1, -0.05) is 35.9 Å². The molecule has 34 heavy (non-hydrogen) atoms.